The lowest BCUT2D eigenvalue weighted by Gasteiger charge is -2.18. The smallest absolute Gasteiger partial charge is 0.337 e. The highest BCUT2D eigenvalue weighted by Crippen LogP contribution is 2.41. The lowest BCUT2D eigenvalue weighted by molar-refractivity contribution is 0.0696. The minimum absolute atomic E-state index is 0.0369. The molecule has 0 amide bonds. The lowest BCUT2D eigenvalue weighted by Crippen LogP contribution is -2.06. The number of carboxylic acid groups (broad SMARTS) is 1. The van der Waals surface area contributed by atoms with Gasteiger partial charge in [0.2, 0.25) is 0 Å². The van der Waals surface area contributed by atoms with Crippen LogP contribution in [-0.4, -0.2) is 22.3 Å². The van der Waals surface area contributed by atoms with Crippen LogP contribution in [0.4, 0.5) is 0 Å². The Morgan fingerprint density at radius 1 is 1.26 bits per heavy atom. The van der Waals surface area contributed by atoms with E-state index in [1.807, 2.05) is 18.2 Å². The molecule has 1 atom stereocenters. The third kappa shape index (κ3) is 4.57. The number of carbonyl (C=O) groups excluding carboxylic acids is 1. The maximum Gasteiger partial charge on any atom is 0.337 e. The summed E-state index contributed by atoms with van der Waals surface area (Å²) >= 11 is 9.95. The van der Waals surface area contributed by atoms with Gasteiger partial charge >= 0.3 is 5.97 Å². The Balaban J connectivity index is 1.57. The Hall–Kier alpha value is -2.90. The molecule has 8 heteroatoms. The van der Waals surface area contributed by atoms with Gasteiger partial charge in [0, 0.05) is 28.5 Å². The van der Waals surface area contributed by atoms with Crippen molar-refractivity contribution in [2.75, 3.05) is 0 Å². The lowest BCUT2D eigenvalue weighted by atomic mass is 10.1. The molecule has 6 nitrogen and oxygen atoms in total. The van der Waals surface area contributed by atoms with E-state index in [-0.39, 0.29) is 23.8 Å². The standard InChI is InChI=1S/C23H17BrClNO5/c24-18-3-1-2-17-16(18)4-5-20(17)31-22-8-21(15(11-27)7-19(22)25)30-12-13-6-14(23(28)29)10-26-9-13/h1-3,6-11,20H,4-5,12H2,(H,28,29). The quantitative estimate of drug-likeness (QED) is 0.420. The van der Waals surface area contributed by atoms with Crippen LogP contribution in [0.1, 0.15) is 49.9 Å². The van der Waals surface area contributed by atoms with Crippen LogP contribution >= 0.6 is 27.5 Å². The fraction of sp³-hybridized carbons (Fsp3) is 0.174. The van der Waals surface area contributed by atoms with Crippen LogP contribution in [0.15, 0.2) is 53.3 Å². The average molecular weight is 503 g/mol. The molecule has 3 aromatic rings. The molecule has 0 fully saturated rings. The summed E-state index contributed by atoms with van der Waals surface area (Å²) in [6.07, 6.45) is 4.97. The minimum atomic E-state index is -1.08. The van der Waals surface area contributed by atoms with Gasteiger partial charge in [-0.25, -0.2) is 4.79 Å². The second kappa shape index (κ2) is 9.08. The monoisotopic (exact) mass is 501 g/mol. The van der Waals surface area contributed by atoms with Crippen molar-refractivity contribution in [1.82, 2.24) is 4.98 Å². The van der Waals surface area contributed by atoms with E-state index in [9.17, 15) is 9.59 Å². The number of fused-ring (bicyclic) bond motifs is 1. The average Bonchev–Trinajstić information content (AvgIpc) is 3.18. The molecule has 1 unspecified atom stereocenters. The van der Waals surface area contributed by atoms with Gasteiger partial charge in [0.25, 0.3) is 0 Å². The first kappa shape index (κ1) is 21.3. The van der Waals surface area contributed by atoms with Crippen molar-refractivity contribution in [3.8, 4) is 11.5 Å². The first-order valence-corrected chi connectivity index (χ1v) is 10.7. The summed E-state index contributed by atoms with van der Waals surface area (Å²) in [6, 6.07) is 10.6. The normalized spacial score (nSPS) is 14.7. The molecule has 0 spiro atoms. The summed E-state index contributed by atoms with van der Waals surface area (Å²) in [5, 5.41) is 9.42. The SMILES string of the molecule is O=Cc1cc(Cl)c(OC2CCc3c(Br)cccc32)cc1OCc1cncc(C(=O)O)c1. The second-order valence-electron chi connectivity index (χ2n) is 7.07. The predicted molar refractivity (Wildman–Crippen MR) is 118 cm³/mol. The molecular weight excluding hydrogens is 486 g/mol. The van der Waals surface area contributed by atoms with Gasteiger partial charge in [0.1, 0.15) is 24.2 Å². The first-order chi connectivity index (χ1) is 15.0. The number of pyridine rings is 1. The molecule has 2 aromatic carbocycles. The molecule has 158 valence electrons. The van der Waals surface area contributed by atoms with Crippen molar-refractivity contribution in [3.05, 3.63) is 86.1 Å². The molecular formula is C23H17BrClNO5. The van der Waals surface area contributed by atoms with Gasteiger partial charge in [0.15, 0.2) is 6.29 Å². The Morgan fingerprint density at radius 2 is 2.10 bits per heavy atom. The van der Waals surface area contributed by atoms with E-state index in [4.69, 9.17) is 26.2 Å². The summed E-state index contributed by atoms with van der Waals surface area (Å²) in [7, 11) is 0. The number of rotatable bonds is 7. The maximum atomic E-state index is 11.5. The molecule has 0 radical (unpaired) electrons. The zero-order chi connectivity index (χ0) is 22.0. The summed E-state index contributed by atoms with van der Waals surface area (Å²) in [6.45, 7) is 0.0369. The number of hydrogen-bond acceptors (Lipinski definition) is 5. The van der Waals surface area contributed by atoms with Crippen LogP contribution in [0.5, 0.6) is 11.5 Å². The van der Waals surface area contributed by atoms with Gasteiger partial charge in [-0.05, 0) is 42.2 Å². The molecule has 0 bridgehead atoms. The van der Waals surface area contributed by atoms with Crippen molar-refractivity contribution >= 4 is 39.8 Å². The van der Waals surface area contributed by atoms with Crippen LogP contribution in [0.25, 0.3) is 0 Å². The van der Waals surface area contributed by atoms with Gasteiger partial charge in [0.05, 0.1) is 16.1 Å². The number of ether oxygens (including phenoxy) is 2. The van der Waals surface area contributed by atoms with Crippen molar-refractivity contribution < 1.29 is 24.2 Å². The highest BCUT2D eigenvalue weighted by Gasteiger charge is 2.26. The van der Waals surface area contributed by atoms with E-state index in [0.717, 1.165) is 22.9 Å². The third-order valence-corrected chi connectivity index (χ3v) is 6.09. The summed E-state index contributed by atoms with van der Waals surface area (Å²) in [5.74, 6) is -0.367. The number of aromatic nitrogens is 1. The number of benzene rings is 2. The molecule has 1 N–H and O–H groups in total. The highest BCUT2D eigenvalue weighted by molar-refractivity contribution is 9.10. The summed E-state index contributed by atoms with van der Waals surface area (Å²) in [4.78, 5) is 26.5. The van der Waals surface area contributed by atoms with Gasteiger partial charge in [-0.1, -0.05) is 39.7 Å². The van der Waals surface area contributed by atoms with E-state index >= 15 is 0 Å². The third-order valence-electron chi connectivity index (χ3n) is 5.06. The van der Waals surface area contributed by atoms with Crippen LogP contribution in [-0.2, 0) is 13.0 Å². The fourth-order valence-corrected chi connectivity index (χ4v) is 4.35. The second-order valence-corrected chi connectivity index (χ2v) is 8.33. The number of hydrogen-bond donors (Lipinski definition) is 1. The van der Waals surface area contributed by atoms with E-state index < -0.39 is 5.97 Å². The number of nitrogens with zero attached hydrogens (tertiary/aromatic N) is 1. The number of carbonyl (C=O) groups is 2. The van der Waals surface area contributed by atoms with Crippen molar-refractivity contribution in [3.63, 3.8) is 0 Å². The molecule has 1 aliphatic rings. The topological polar surface area (TPSA) is 85.7 Å². The molecule has 1 aliphatic carbocycles. The number of halogens is 2. The molecule has 1 aromatic heterocycles. The molecule has 0 saturated heterocycles. The Labute approximate surface area is 191 Å². The van der Waals surface area contributed by atoms with Crippen LogP contribution in [0, 0.1) is 0 Å². The van der Waals surface area contributed by atoms with Gasteiger partial charge < -0.3 is 14.6 Å². The zero-order valence-electron chi connectivity index (χ0n) is 16.2. The van der Waals surface area contributed by atoms with Gasteiger partial charge in [-0.3, -0.25) is 9.78 Å². The Kier molecular flexibility index (Phi) is 6.25. The van der Waals surface area contributed by atoms with Crippen LogP contribution < -0.4 is 9.47 Å². The minimum Gasteiger partial charge on any atom is -0.488 e. The Morgan fingerprint density at radius 3 is 2.87 bits per heavy atom. The fourth-order valence-electron chi connectivity index (χ4n) is 3.55. The Bertz CT molecular complexity index is 1170. The van der Waals surface area contributed by atoms with E-state index in [1.165, 1.54) is 30.1 Å². The maximum absolute atomic E-state index is 11.5. The summed E-state index contributed by atoms with van der Waals surface area (Å²) < 4.78 is 13.0. The van der Waals surface area contributed by atoms with Crippen LogP contribution in [0.2, 0.25) is 5.02 Å². The molecule has 4 rings (SSSR count). The predicted octanol–water partition coefficient (Wildman–Crippen LogP) is 5.65. The molecule has 0 aliphatic heterocycles. The largest absolute Gasteiger partial charge is 0.488 e. The number of aromatic carboxylic acids is 1. The van der Waals surface area contributed by atoms with E-state index in [2.05, 4.69) is 20.9 Å². The number of aldehydes is 1. The van der Waals surface area contributed by atoms with Crippen LogP contribution in [0.3, 0.4) is 0 Å². The van der Waals surface area contributed by atoms with Crippen molar-refractivity contribution in [2.24, 2.45) is 0 Å². The van der Waals surface area contributed by atoms with Crippen molar-refractivity contribution in [2.45, 2.75) is 25.6 Å². The highest BCUT2D eigenvalue weighted by atomic mass is 79.9. The van der Waals surface area contributed by atoms with Crippen molar-refractivity contribution in [1.29, 1.82) is 0 Å². The zero-order valence-corrected chi connectivity index (χ0v) is 18.5. The number of carboxylic acids is 1. The summed E-state index contributed by atoms with van der Waals surface area (Å²) in [5.41, 5.74) is 3.21. The van der Waals surface area contributed by atoms with Gasteiger partial charge in [-0.15, -0.1) is 0 Å². The molecule has 0 saturated carbocycles. The first-order valence-electron chi connectivity index (χ1n) is 9.49. The molecule has 1 heterocycles. The van der Waals surface area contributed by atoms with Gasteiger partial charge in [-0.2, -0.15) is 0 Å². The molecule has 31 heavy (non-hydrogen) atoms. The van der Waals surface area contributed by atoms with E-state index in [0.29, 0.717) is 28.4 Å². The van der Waals surface area contributed by atoms with E-state index in [1.54, 1.807) is 6.07 Å².